The second-order valence-electron chi connectivity index (χ2n) is 8.58. The third-order valence-corrected chi connectivity index (χ3v) is 6.96. The Labute approximate surface area is 201 Å². The van der Waals surface area contributed by atoms with Crippen molar-refractivity contribution in [3.05, 3.63) is 35.4 Å². The number of ether oxygens (including phenoxy) is 1. The Balaban J connectivity index is 0.000000207. The highest BCUT2D eigenvalue weighted by Gasteiger charge is 2.29. The molecule has 0 bridgehead atoms. The monoisotopic (exact) mass is 492 g/mol. The van der Waals surface area contributed by atoms with Gasteiger partial charge in [0.1, 0.15) is 0 Å². The summed E-state index contributed by atoms with van der Waals surface area (Å²) >= 11 is 1.59. The standard InChI is InChI=1S/C14H22N6O2S.C9H8F2/c1-2-7-23-14-16-12(15)11-13(17-14)20(19-18-11)9-3-4-10(8-9)22-6-5-21;10-8-4-3-7(5-9(8)11)6-1-2-6/h9-10,21H,2-8H2,1H3,(H2,15,16,17);3-6H,1-2H2/t9-,10?;/m0./s1. The second-order valence-corrected chi connectivity index (χ2v) is 9.64. The number of nitrogens with two attached hydrogens (primary N) is 1. The molecule has 2 aliphatic carbocycles. The van der Waals surface area contributed by atoms with E-state index in [1.54, 1.807) is 17.8 Å². The molecule has 3 aromatic rings. The highest BCUT2D eigenvalue weighted by Crippen LogP contribution is 2.40. The number of hydrogen-bond donors (Lipinski definition) is 2. The van der Waals surface area contributed by atoms with Crippen molar-refractivity contribution in [3.63, 3.8) is 0 Å². The summed E-state index contributed by atoms with van der Waals surface area (Å²) in [5.74, 6) is 0.340. The molecule has 0 saturated heterocycles. The molecule has 0 radical (unpaired) electrons. The third kappa shape index (κ3) is 6.00. The first-order valence-corrected chi connectivity index (χ1v) is 12.7. The van der Waals surface area contributed by atoms with Crippen molar-refractivity contribution in [2.24, 2.45) is 0 Å². The molecular weight excluding hydrogens is 462 g/mol. The number of aromatic nitrogens is 5. The molecule has 0 spiro atoms. The maximum atomic E-state index is 12.6. The molecule has 8 nitrogen and oxygen atoms in total. The van der Waals surface area contributed by atoms with E-state index >= 15 is 0 Å². The number of aliphatic hydroxyl groups is 1. The van der Waals surface area contributed by atoms with Crippen LogP contribution in [0.4, 0.5) is 14.6 Å². The Morgan fingerprint density at radius 3 is 2.71 bits per heavy atom. The SMILES string of the molecule is CCCSc1nc(N)c2nnn([C@H]3CCC(OCCO)C3)c2n1.Fc1ccc(C2CC2)cc1F. The summed E-state index contributed by atoms with van der Waals surface area (Å²) in [5, 5.41) is 17.9. The van der Waals surface area contributed by atoms with Gasteiger partial charge in [-0.25, -0.2) is 23.4 Å². The van der Waals surface area contributed by atoms with Crippen molar-refractivity contribution in [1.82, 2.24) is 25.0 Å². The number of fused-ring (bicyclic) bond motifs is 1. The van der Waals surface area contributed by atoms with E-state index in [2.05, 4.69) is 27.2 Å². The van der Waals surface area contributed by atoms with Crippen LogP contribution in [-0.2, 0) is 4.74 Å². The summed E-state index contributed by atoms with van der Waals surface area (Å²) < 4.78 is 32.5. The van der Waals surface area contributed by atoms with Gasteiger partial charge in [0.2, 0.25) is 0 Å². The van der Waals surface area contributed by atoms with Gasteiger partial charge in [0.25, 0.3) is 0 Å². The average Bonchev–Trinajstić information content (AvgIpc) is 3.42. The highest BCUT2D eigenvalue weighted by atomic mass is 32.2. The Kier molecular flexibility index (Phi) is 8.28. The van der Waals surface area contributed by atoms with Crippen LogP contribution in [0.15, 0.2) is 23.4 Å². The van der Waals surface area contributed by atoms with Gasteiger partial charge in [0.15, 0.2) is 33.8 Å². The van der Waals surface area contributed by atoms with Crippen molar-refractivity contribution in [3.8, 4) is 0 Å². The number of anilines is 1. The molecule has 3 N–H and O–H groups in total. The normalized spacial score (nSPS) is 19.9. The number of rotatable bonds is 8. The Hall–Kier alpha value is -2.37. The van der Waals surface area contributed by atoms with Crippen molar-refractivity contribution in [2.75, 3.05) is 24.7 Å². The van der Waals surface area contributed by atoms with Crippen molar-refractivity contribution in [2.45, 2.75) is 68.7 Å². The molecule has 2 saturated carbocycles. The Bertz CT molecular complexity index is 1110. The van der Waals surface area contributed by atoms with E-state index in [0.29, 0.717) is 34.7 Å². The zero-order valence-electron chi connectivity index (χ0n) is 19.2. The van der Waals surface area contributed by atoms with E-state index in [-0.39, 0.29) is 18.8 Å². The molecule has 1 unspecified atom stereocenters. The lowest BCUT2D eigenvalue weighted by Gasteiger charge is -2.12. The summed E-state index contributed by atoms with van der Waals surface area (Å²) in [6.45, 7) is 2.54. The predicted octanol–water partition coefficient (Wildman–Crippen LogP) is 4.25. The minimum atomic E-state index is -0.755. The van der Waals surface area contributed by atoms with Gasteiger partial charge in [0, 0.05) is 5.75 Å². The van der Waals surface area contributed by atoms with E-state index in [1.165, 1.54) is 12.1 Å². The van der Waals surface area contributed by atoms with E-state index in [9.17, 15) is 8.78 Å². The van der Waals surface area contributed by atoms with Crippen LogP contribution in [0, 0.1) is 11.6 Å². The van der Waals surface area contributed by atoms with Crippen LogP contribution in [-0.4, -0.2) is 55.1 Å². The molecule has 11 heteroatoms. The summed E-state index contributed by atoms with van der Waals surface area (Å²) in [7, 11) is 0. The zero-order valence-corrected chi connectivity index (χ0v) is 20.0. The molecule has 34 heavy (non-hydrogen) atoms. The fourth-order valence-corrected chi connectivity index (χ4v) is 4.73. The number of halogens is 2. The van der Waals surface area contributed by atoms with Crippen molar-refractivity contribution in [1.29, 1.82) is 0 Å². The number of hydrogen-bond acceptors (Lipinski definition) is 8. The quantitative estimate of drug-likeness (QED) is 0.355. The molecule has 5 rings (SSSR count). The van der Waals surface area contributed by atoms with Gasteiger partial charge in [-0.1, -0.05) is 30.0 Å². The van der Waals surface area contributed by atoms with E-state index in [4.69, 9.17) is 15.6 Å². The van der Waals surface area contributed by atoms with Gasteiger partial charge in [-0.3, -0.25) is 0 Å². The van der Waals surface area contributed by atoms with Crippen molar-refractivity contribution >= 4 is 28.7 Å². The van der Waals surface area contributed by atoms with E-state index in [0.717, 1.165) is 49.8 Å². The largest absolute Gasteiger partial charge is 0.394 e. The summed E-state index contributed by atoms with van der Waals surface area (Å²) in [6, 6.07) is 4.36. The van der Waals surface area contributed by atoms with Crippen LogP contribution in [0.1, 0.15) is 63.0 Å². The van der Waals surface area contributed by atoms with Crippen LogP contribution >= 0.6 is 11.8 Å². The van der Waals surface area contributed by atoms with Gasteiger partial charge >= 0.3 is 0 Å². The smallest absolute Gasteiger partial charge is 0.191 e. The minimum absolute atomic E-state index is 0.0508. The maximum absolute atomic E-state index is 12.6. The Morgan fingerprint density at radius 2 is 2.00 bits per heavy atom. The van der Waals surface area contributed by atoms with Crippen LogP contribution in [0.3, 0.4) is 0 Å². The molecular formula is C23H30F2N6O2S. The minimum Gasteiger partial charge on any atom is -0.394 e. The molecule has 2 heterocycles. The van der Waals surface area contributed by atoms with Gasteiger partial charge in [-0.05, 0) is 62.1 Å². The summed E-state index contributed by atoms with van der Waals surface area (Å²) in [6.07, 6.45) is 6.19. The lowest BCUT2D eigenvalue weighted by Crippen LogP contribution is -2.14. The maximum Gasteiger partial charge on any atom is 0.191 e. The fourth-order valence-electron chi connectivity index (χ4n) is 4.03. The lowest BCUT2D eigenvalue weighted by molar-refractivity contribution is 0.0309. The van der Waals surface area contributed by atoms with Crippen LogP contribution < -0.4 is 5.73 Å². The van der Waals surface area contributed by atoms with Gasteiger partial charge in [-0.15, -0.1) is 5.10 Å². The molecule has 1 aromatic carbocycles. The van der Waals surface area contributed by atoms with E-state index < -0.39 is 11.6 Å². The third-order valence-electron chi connectivity index (χ3n) is 5.91. The molecule has 2 atom stereocenters. The number of aliphatic hydroxyl groups excluding tert-OH is 1. The Morgan fingerprint density at radius 1 is 1.18 bits per heavy atom. The van der Waals surface area contributed by atoms with Gasteiger partial charge < -0.3 is 15.6 Å². The lowest BCUT2D eigenvalue weighted by atomic mass is 10.1. The second kappa shape index (κ2) is 11.4. The first kappa shape index (κ1) is 24.7. The van der Waals surface area contributed by atoms with Crippen molar-refractivity contribution < 1.29 is 18.6 Å². The first-order chi connectivity index (χ1) is 16.5. The molecule has 0 aliphatic heterocycles. The molecule has 2 aromatic heterocycles. The molecule has 2 aliphatic rings. The van der Waals surface area contributed by atoms with Gasteiger partial charge in [0.05, 0.1) is 25.4 Å². The number of nitrogens with zero attached hydrogens (tertiary/aromatic N) is 5. The molecule has 184 valence electrons. The zero-order chi connectivity index (χ0) is 24.1. The number of nitrogen functional groups attached to an aromatic ring is 1. The summed E-state index contributed by atoms with van der Waals surface area (Å²) in [5.41, 5.74) is 8.19. The average molecular weight is 493 g/mol. The van der Waals surface area contributed by atoms with E-state index in [1.807, 2.05) is 4.68 Å². The molecule has 0 amide bonds. The van der Waals surface area contributed by atoms with Crippen LogP contribution in [0.5, 0.6) is 0 Å². The number of thioether (sulfide) groups is 1. The van der Waals surface area contributed by atoms with Crippen LogP contribution in [0.25, 0.3) is 11.2 Å². The predicted molar refractivity (Wildman–Crippen MR) is 127 cm³/mol. The van der Waals surface area contributed by atoms with Gasteiger partial charge in [-0.2, -0.15) is 0 Å². The fraction of sp³-hybridized carbons (Fsp3) is 0.565. The molecule has 2 fully saturated rings. The number of benzene rings is 1. The highest BCUT2D eigenvalue weighted by molar-refractivity contribution is 7.99. The van der Waals surface area contributed by atoms with Crippen LogP contribution in [0.2, 0.25) is 0 Å². The first-order valence-electron chi connectivity index (χ1n) is 11.7. The summed E-state index contributed by atoms with van der Waals surface area (Å²) in [4.78, 5) is 8.89. The topological polar surface area (TPSA) is 112 Å².